The van der Waals surface area contributed by atoms with Gasteiger partial charge in [-0.15, -0.1) is 11.8 Å². The number of thioether (sulfide) groups is 1. The summed E-state index contributed by atoms with van der Waals surface area (Å²) >= 11 is 1.23. The average molecular weight is 435 g/mol. The molecule has 0 spiro atoms. The summed E-state index contributed by atoms with van der Waals surface area (Å²) in [6.45, 7) is 5.70. The second-order valence-corrected chi connectivity index (χ2v) is 8.13. The number of nitrogens with zero attached hydrogens (tertiary/aromatic N) is 1. The van der Waals surface area contributed by atoms with Gasteiger partial charge in [0.25, 0.3) is 0 Å². The fourth-order valence-electron chi connectivity index (χ4n) is 3.35. The highest BCUT2D eigenvalue weighted by molar-refractivity contribution is 7.99. The molecule has 1 N–H and O–H groups in total. The largest absolute Gasteiger partial charge is 0.507 e. The minimum atomic E-state index is -4.42. The third kappa shape index (κ3) is 4.87. The number of pyridine rings is 1. The summed E-state index contributed by atoms with van der Waals surface area (Å²) in [5.74, 6) is 0.555. The Balaban J connectivity index is 1.74. The van der Waals surface area contributed by atoms with Crippen molar-refractivity contribution in [3.63, 3.8) is 0 Å². The predicted octanol–water partition coefficient (Wildman–Crippen LogP) is 5.69. The summed E-state index contributed by atoms with van der Waals surface area (Å²) in [5.41, 5.74) is 2.15. The van der Waals surface area contributed by atoms with Gasteiger partial charge in [0.2, 0.25) is 0 Å². The van der Waals surface area contributed by atoms with Crippen LogP contribution in [0, 0.1) is 20.8 Å². The molecule has 2 aromatic heterocycles. The topological polar surface area (TPSA) is 63.3 Å². The van der Waals surface area contributed by atoms with Crippen LogP contribution in [0.2, 0.25) is 0 Å². The van der Waals surface area contributed by atoms with Crippen LogP contribution in [0.1, 0.15) is 28.0 Å². The van der Waals surface area contributed by atoms with Crippen LogP contribution in [0.25, 0.3) is 11.1 Å². The lowest BCUT2D eigenvalue weighted by molar-refractivity contribution is -0.137. The Hall–Kier alpha value is -2.74. The van der Waals surface area contributed by atoms with Crippen LogP contribution in [0.5, 0.6) is 5.75 Å². The number of aromatic hydroxyl groups is 1. The highest BCUT2D eigenvalue weighted by atomic mass is 32.2. The van der Waals surface area contributed by atoms with E-state index in [1.807, 2.05) is 32.9 Å². The van der Waals surface area contributed by atoms with Gasteiger partial charge in [-0.1, -0.05) is 17.7 Å². The molecule has 0 radical (unpaired) electrons. The van der Waals surface area contributed by atoms with E-state index in [1.54, 1.807) is 0 Å². The SMILES string of the molecule is Cc1cc(C)c(-c2c(O)cc(CCSc3ccc(C(F)(F)F)cn3)oc2=O)c(C)c1. The number of aryl methyl sites for hydroxylation is 4. The molecule has 0 amide bonds. The van der Waals surface area contributed by atoms with Gasteiger partial charge in [0.1, 0.15) is 17.1 Å². The molecule has 158 valence electrons. The van der Waals surface area contributed by atoms with Crippen LogP contribution in [0.4, 0.5) is 13.2 Å². The molecule has 30 heavy (non-hydrogen) atoms. The second kappa shape index (κ2) is 8.55. The monoisotopic (exact) mass is 435 g/mol. The highest BCUT2D eigenvalue weighted by Crippen LogP contribution is 2.33. The van der Waals surface area contributed by atoms with Crippen molar-refractivity contribution in [2.24, 2.45) is 0 Å². The molecule has 4 nitrogen and oxygen atoms in total. The molecule has 0 fully saturated rings. The lowest BCUT2D eigenvalue weighted by Crippen LogP contribution is -2.08. The first-order valence-electron chi connectivity index (χ1n) is 9.16. The smallest absolute Gasteiger partial charge is 0.417 e. The molecule has 0 aliphatic rings. The Bertz CT molecular complexity index is 1100. The molecule has 0 atom stereocenters. The fraction of sp³-hybridized carbons (Fsp3) is 0.273. The number of halogens is 3. The van der Waals surface area contributed by atoms with Crippen molar-refractivity contribution in [1.29, 1.82) is 0 Å². The van der Waals surface area contributed by atoms with Crippen molar-refractivity contribution >= 4 is 11.8 Å². The summed E-state index contributed by atoms with van der Waals surface area (Å²) in [6, 6.07) is 7.55. The summed E-state index contributed by atoms with van der Waals surface area (Å²) in [6.07, 6.45) is -3.33. The van der Waals surface area contributed by atoms with Crippen LogP contribution in [0.15, 0.2) is 50.8 Å². The van der Waals surface area contributed by atoms with E-state index in [0.29, 0.717) is 28.5 Å². The van der Waals surface area contributed by atoms with Crippen molar-refractivity contribution in [2.45, 2.75) is 38.4 Å². The predicted molar refractivity (Wildman–Crippen MR) is 110 cm³/mol. The van der Waals surface area contributed by atoms with Gasteiger partial charge in [0.15, 0.2) is 0 Å². The Morgan fingerprint density at radius 3 is 2.27 bits per heavy atom. The third-order valence-electron chi connectivity index (χ3n) is 4.57. The van der Waals surface area contributed by atoms with Gasteiger partial charge in [0.05, 0.1) is 10.6 Å². The molecule has 0 aliphatic carbocycles. The van der Waals surface area contributed by atoms with Crippen LogP contribution in [-0.2, 0) is 12.6 Å². The maximum absolute atomic E-state index is 12.6. The molecule has 2 heterocycles. The van der Waals surface area contributed by atoms with Gasteiger partial charge in [-0.25, -0.2) is 9.78 Å². The molecule has 0 bridgehead atoms. The second-order valence-electron chi connectivity index (χ2n) is 7.02. The molecule has 3 rings (SSSR count). The van der Waals surface area contributed by atoms with E-state index in [-0.39, 0.29) is 11.3 Å². The number of aromatic nitrogens is 1. The summed E-state index contributed by atoms with van der Waals surface area (Å²) in [7, 11) is 0. The Kier molecular flexibility index (Phi) is 6.26. The highest BCUT2D eigenvalue weighted by Gasteiger charge is 2.30. The first-order valence-corrected chi connectivity index (χ1v) is 10.1. The quantitative estimate of drug-likeness (QED) is 0.522. The Morgan fingerprint density at radius 2 is 1.73 bits per heavy atom. The zero-order chi connectivity index (χ0) is 22.1. The Morgan fingerprint density at radius 1 is 1.07 bits per heavy atom. The molecular formula is C22H20F3NO3S. The minimum Gasteiger partial charge on any atom is -0.507 e. The maximum atomic E-state index is 12.6. The van der Waals surface area contributed by atoms with E-state index < -0.39 is 17.4 Å². The molecule has 8 heteroatoms. The molecule has 0 unspecified atom stereocenters. The number of rotatable bonds is 5. The number of alkyl halides is 3. The molecule has 3 aromatic rings. The third-order valence-corrected chi connectivity index (χ3v) is 5.52. The van der Waals surface area contributed by atoms with Crippen molar-refractivity contribution in [3.05, 3.63) is 75.0 Å². The number of benzene rings is 1. The van der Waals surface area contributed by atoms with Gasteiger partial charge < -0.3 is 9.52 Å². The zero-order valence-corrected chi connectivity index (χ0v) is 17.4. The molecule has 0 saturated carbocycles. The summed E-state index contributed by atoms with van der Waals surface area (Å²) < 4.78 is 43.1. The lowest BCUT2D eigenvalue weighted by Gasteiger charge is -2.12. The van der Waals surface area contributed by atoms with E-state index in [4.69, 9.17) is 4.42 Å². The zero-order valence-electron chi connectivity index (χ0n) is 16.6. The van der Waals surface area contributed by atoms with E-state index in [2.05, 4.69) is 4.98 Å². The van der Waals surface area contributed by atoms with Crippen molar-refractivity contribution in [3.8, 4) is 16.9 Å². The average Bonchev–Trinajstić information content (AvgIpc) is 2.63. The number of hydrogen-bond donors (Lipinski definition) is 1. The first-order chi connectivity index (χ1) is 14.1. The molecule has 1 aromatic carbocycles. The number of hydrogen-bond acceptors (Lipinski definition) is 5. The molecule has 0 saturated heterocycles. The summed E-state index contributed by atoms with van der Waals surface area (Å²) in [4.78, 5) is 16.4. The van der Waals surface area contributed by atoms with Crippen LogP contribution in [0.3, 0.4) is 0 Å². The normalized spacial score (nSPS) is 11.7. The van der Waals surface area contributed by atoms with Crippen LogP contribution < -0.4 is 5.63 Å². The van der Waals surface area contributed by atoms with Crippen LogP contribution >= 0.6 is 11.8 Å². The molecule has 0 aliphatic heterocycles. The van der Waals surface area contributed by atoms with E-state index in [0.717, 1.165) is 29.0 Å². The van der Waals surface area contributed by atoms with Gasteiger partial charge >= 0.3 is 11.8 Å². The lowest BCUT2D eigenvalue weighted by atomic mass is 9.94. The van der Waals surface area contributed by atoms with Crippen molar-refractivity contribution < 1.29 is 22.7 Å². The van der Waals surface area contributed by atoms with Gasteiger partial charge in [-0.2, -0.15) is 13.2 Å². The Labute approximate surface area is 175 Å². The minimum absolute atomic E-state index is 0.130. The van der Waals surface area contributed by atoms with Gasteiger partial charge in [-0.05, 0) is 49.6 Å². The van der Waals surface area contributed by atoms with E-state index in [1.165, 1.54) is 23.9 Å². The van der Waals surface area contributed by atoms with E-state index >= 15 is 0 Å². The fourth-order valence-corrected chi connectivity index (χ4v) is 4.15. The van der Waals surface area contributed by atoms with Gasteiger partial charge in [0, 0.05) is 24.4 Å². The maximum Gasteiger partial charge on any atom is 0.417 e. The van der Waals surface area contributed by atoms with Crippen molar-refractivity contribution in [2.75, 3.05) is 5.75 Å². The van der Waals surface area contributed by atoms with E-state index in [9.17, 15) is 23.1 Å². The summed E-state index contributed by atoms with van der Waals surface area (Å²) in [5, 5.41) is 10.9. The standard InChI is InChI=1S/C22H20F3NO3S/c1-12-8-13(2)19(14(3)9-12)20-17(27)10-16(29-21(20)28)6-7-30-18-5-4-15(11-26-18)22(23,24)25/h4-5,8-11,27H,6-7H2,1-3H3. The molecular weight excluding hydrogens is 415 g/mol. The van der Waals surface area contributed by atoms with Crippen molar-refractivity contribution in [1.82, 2.24) is 4.98 Å². The first kappa shape index (κ1) is 22.0. The van der Waals surface area contributed by atoms with Crippen LogP contribution in [-0.4, -0.2) is 15.8 Å². The van der Waals surface area contributed by atoms with Gasteiger partial charge in [-0.3, -0.25) is 0 Å².